The first-order chi connectivity index (χ1) is 10.7. The summed E-state index contributed by atoms with van der Waals surface area (Å²) in [6, 6.07) is 4.38. The fourth-order valence-corrected chi connectivity index (χ4v) is 3.35. The molecule has 6 nitrogen and oxygen atoms in total. The largest absolute Gasteiger partial charge is 0.492 e. The van der Waals surface area contributed by atoms with E-state index in [9.17, 15) is 13.2 Å². The molecule has 0 radical (unpaired) electrons. The lowest BCUT2D eigenvalue weighted by Crippen LogP contribution is -2.41. The second-order valence-corrected chi connectivity index (χ2v) is 7.61. The molecule has 0 saturated heterocycles. The van der Waals surface area contributed by atoms with Crippen LogP contribution in [0.25, 0.3) is 0 Å². The first kappa shape index (κ1) is 19.7. The fraction of sp³-hybridized carbons (Fsp3) is 0.533. The van der Waals surface area contributed by atoms with Crippen molar-refractivity contribution in [2.24, 2.45) is 0 Å². The molecule has 1 atom stereocenters. The molecule has 23 heavy (non-hydrogen) atoms. The third-order valence-electron chi connectivity index (χ3n) is 3.28. The molecule has 0 aliphatic carbocycles. The molecule has 8 heteroatoms. The average Bonchev–Trinajstić information content (AvgIpc) is 2.48. The molecule has 0 heterocycles. The lowest BCUT2D eigenvalue weighted by molar-refractivity contribution is -0.121. The summed E-state index contributed by atoms with van der Waals surface area (Å²) in [6.45, 7) is 5.60. The van der Waals surface area contributed by atoms with Gasteiger partial charge in [0.05, 0.1) is 13.2 Å². The second-order valence-electron chi connectivity index (χ2n) is 5.16. The molecule has 1 aromatic rings. The van der Waals surface area contributed by atoms with E-state index in [0.29, 0.717) is 6.61 Å². The normalized spacial score (nSPS) is 13.0. The second kappa shape index (κ2) is 8.52. The predicted octanol–water partition coefficient (Wildman–Crippen LogP) is 2.27. The van der Waals surface area contributed by atoms with E-state index >= 15 is 0 Å². The predicted molar refractivity (Wildman–Crippen MR) is 90.3 cm³/mol. The number of amides is 1. The number of benzene rings is 1. The van der Waals surface area contributed by atoms with Gasteiger partial charge in [-0.15, -0.1) is 0 Å². The van der Waals surface area contributed by atoms with Crippen molar-refractivity contribution < 1.29 is 17.9 Å². The zero-order valence-corrected chi connectivity index (χ0v) is 15.4. The summed E-state index contributed by atoms with van der Waals surface area (Å²) in [6.07, 6.45) is 0.769. The molecule has 0 aliphatic rings. The number of nitrogens with one attached hydrogen (secondary N) is 1. The van der Waals surface area contributed by atoms with Crippen molar-refractivity contribution in [1.82, 2.24) is 9.62 Å². The van der Waals surface area contributed by atoms with Crippen LogP contribution in [0.15, 0.2) is 23.1 Å². The lowest BCUT2D eigenvalue weighted by Gasteiger charge is -2.20. The van der Waals surface area contributed by atoms with Crippen LogP contribution in [0, 0.1) is 0 Å². The Morgan fingerprint density at radius 1 is 1.39 bits per heavy atom. The van der Waals surface area contributed by atoms with Crippen LogP contribution in [0.5, 0.6) is 5.75 Å². The first-order valence-corrected chi connectivity index (χ1v) is 9.22. The third kappa shape index (κ3) is 5.37. The van der Waals surface area contributed by atoms with E-state index in [4.69, 9.17) is 16.3 Å². The first-order valence-electron chi connectivity index (χ1n) is 7.40. The van der Waals surface area contributed by atoms with E-state index in [0.717, 1.165) is 10.7 Å². The van der Waals surface area contributed by atoms with Crippen LogP contribution in [0.2, 0.25) is 5.02 Å². The molecule has 0 aliphatic heterocycles. The highest BCUT2D eigenvalue weighted by Crippen LogP contribution is 2.29. The van der Waals surface area contributed by atoms with E-state index in [1.165, 1.54) is 19.2 Å². The summed E-state index contributed by atoms with van der Waals surface area (Å²) in [5.41, 5.74) is 0. The van der Waals surface area contributed by atoms with E-state index in [-0.39, 0.29) is 34.2 Å². The van der Waals surface area contributed by atoms with Crippen molar-refractivity contribution in [2.45, 2.75) is 38.1 Å². The number of nitrogens with zero attached hydrogens (tertiary/aromatic N) is 1. The van der Waals surface area contributed by atoms with Crippen molar-refractivity contribution in [1.29, 1.82) is 0 Å². The van der Waals surface area contributed by atoms with Crippen molar-refractivity contribution in [3.63, 3.8) is 0 Å². The van der Waals surface area contributed by atoms with Gasteiger partial charge in [0.15, 0.2) is 0 Å². The summed E-state index contributed by atoms with van der Waals surface area (Å²) in [4.78, 5) is 11.9. The number of carbonyl (C=O) groups is 1. The maximum absolute atomic E-state index is 12.7. The highest BCUT2D eigenvalue weighted by atomic mass is 35.5. The van der Waals surface area contributed by atoms with Crippen molar-refractivity contribution >= 4 is 27.5 Å². The molecule has 1 aromatic carbocycles. The van der Waals surface area contributed by atoms with Gasteiger partial charge in [0.2, 0.25) is 15.9 Å². The molecule has 0 bridgehead atoms. The van der Waals surface area contributed by atoms with Gasteiger partial charge in [-0.05, 0) is 38.5 Å². The standard InChI is InChI=1S/C15H23ClN2O4S/c1-5-11(3)17-15(19)10-18(4)23(20,21)14-9-12(16)7-8-13(14)22-6-2/h7-9,11H,5-6,10H2,1-4H3,(H,17,19). The van der Waals surface area contributed by atoms with E-state index in [2.05, 4.69) is 5.32 Å². The van der Waals surface area contributed by atoms with E-state index in [1.54, 1.807) is 13.0 Å². The molecule has 0 fully saturated rings. The van der Waals surface area contributed by atoms with Gasteiger partial charge in [0.1, 0.15) is 10.6 Å². The Morgan fingerprint density at radius 3 is 2.61 bits per heavy atom. The van der Waals surface area contributed by atoms with Gasteiger partial charge < -0.3 is 10.1 Å². The molecule has 0 saturated carbocycles. The quantitative estimate of drug-likeness (QED) is 0.769. The Balaban J connectivity index is 3.02. The van der Waals surface area contributed by atoms with Gasteiger partial charge in [0, 0.05) is 18.1 Å². The van der Waals surface area contributed by atoms with Crippen LogP contribution in [0.4, 0.5) is 0 Å². The lowest BCUT2D eigenvalue weighted by atomic mass is 10.2. The van der Waals surface area contributed by atoms with Gasteiger partial charge >= 0.3 is 0 Å². The maximum Gasteiger partial charge on any atom is 0.247 e. The summed E-state index contributed by atoms with van der Waals surface area (Å²) >= 11 is 5.90. The van der Waals surface area contributed by atoms with Crippen LogP contribution in [0.3, 0.4) is 0 Å². The maximum atomic E-state index is 12.7. The summed E-state index contributed by atoms with van der Waals surface area (Å²) < 4.78 is 31.7. The zero-order chi connectivity index (χ0) is 17.6. The zero-order valence-electron chi connectivity index (χ0n) is 13.8. The monoisotopic (exact) mass is 362 g/mol. The van der Waals surface area contributed by atoms with Crippen LogP contribution >= 0.6 is 11.6 Å². The van der Waals surface area contributed by atoms with Gasteiger partial charge in [-0.25, -0.2) is 8.42 Å². The van der Waals surface area contributed by atoms with Gasteiger partial charge in [-0.2, -0.15) is 4.31 Å². The fourth-order valence-electron chi connectivity index (χ4n) is 1.84. The SMILES string of the molecule is CCOc1ccc(Cl)cc1S(=O)(=O)N(C)CC(=O)NC(C)CC. The summed E-state index contributed by atoms with van der Waals surface area (Å²) in [5, 5.41) is 3.01. The molecule has 1 N–H and O–H groups in total. The molecule has 0 aromatic heterocycles. The molecule has 1 amide bonds. The van der Waals surface area contributed by atoms with Crippen LogP contribution in [0.1, 0.15) is 27.2 Å². The number of sulfonamides is 1. The molecule has 1 unspecified atom stereocenters. The van der Waals surface area contributed by atoms with Crippen molar-refractivity contribution in [3.05, 3.63) is 23.2 Å². The third-order valence-corrected chi connectivity index (χ3v) is 5.34. The van der Waals surface area contributed by atoms with E-state index < -0.39 is 10.0 Å². The number of likely N-dealkylation sites (N-methyl/N-ethyl adjacent to an activating group) is 1. The van der Waals surface area contributed by atoms with Crippen molar-refractivity contribution in [3.8, 4) is 5.75 Å². The molecule has 0 spiro atoms. The molecule has 1 rings (SSSR count). The Bertz CT molecular complexity index is 649. The van der Waals surface area contributed by atoms with Crippen LogP contribution < -0.4 is 10.1 Å². The number of hydrogen-bond donors (Lipinski definition) is 1. The number of rotatable bonds is 8. The Morgan fingerprint density at radius 2 is 2.04 bits per heavy atom. The average molecular weight is 363 g/mol. The minimum atomic E-state index is -3.89. The summed E-state index contributed by atoms with van der Waals surface area (Å²) in [7, 11) is -2.54. The highest BCUT2D eigenvalue weighted by molar-refractivity contribution is 7.89. The highest BCUT2D eigenvalue weighted by Gasteiger charge is 2.27. The van der Waals surface area contributed by atoms with E-state index in [1.807, 2.05) is 13.8 Å². The Hall–Kier alpha value is -1.31. The van der Waals surface area contributed by atoms with Gasteiger partial charge in [0.25, 0.3) is 0 Å². The molecule has 130 valence electrons. The van der Waals surface area contributed by atoms with Gasteiger partial charge in [-0.3, -0.25) is 4.79 Å². The minimum Gasteiger partial charge on any atom is -0.492 e. The number of halogens is 1. The Labute approximate surface area is 142 Å². The minimum absolute atomic E-state index is 0.0104. The molecular weight excluding hydrogens is 340 g/mol. The summed E-state index contributed by atoms with van der Waals surface area (Å²) in [5.74, 6) is -0.142. The van der Waals surface area contributed by atoms with Gasteiger partial charge in [-0.1, -0.05) is 18.5 Å². The van der Waals surface area contributed by atoms with Crippen molar-refractivity contribution in [2.75, 3.05) is 20.2 Å². The molecular formula is C15H23ClN2O4S. The van der Waals surface area contributed by atoms with Crippen LogP contribution in [-0.2, 0) is 14.8 Å². The number of hydrogen-bond acceptors (Lipinski definition) is 4. The topological polar surface area (TPSA) is 75.7 Å². The smallest absolute Gasteiger partial charge is 0.247 e. The number of ether oxygens (including phenoxy) is 1. The number of carbonyl (C=O) groups excluding carboxylic acids is 1. The Kier molecular flexibility index (Phi) is 7.31. The van der Waals surface area contributed by atoms with Crippen LogP contribution in [-0.4, -0.2) is 44.9 Å².